The first-order valence-corrected chi connectivity index (χ1v) is 6.44. The van der Waals surface area contributed by atoms with Crippen LogP contribution in [0.1, 0.15) is 18.1 Å². The van der Waals surface area contributed by atoms with Crippen molar-refractivity contribution in [3.05, 3.63) is 29.3 Å². The molecule has 0 bridgehead atoms. The Kier molecular flexibility index (Phi) is 3.87. The van der Waals surface area contributed by atoms with Gasteiger partial charge in [0.1, 0.15) is 0 Å². The van der Waals surface area contributed by atoms with Crippen LogP contribution in [0.15, 0.2) is 18.2 Å². The highest BCUT2D eigenvalue weighted by Crippen LogP contribution is 2.23. The second-order valence-electron chi connectivity index (χ2n) is 4.85. The average molecular weight is 247 g/mol. The maximum Gasteiger partial charge on any atom is 0.236 e. The number of benzene rings is 1. The summed E-state index contributed by atoms with van der Waals surface area (Å²) in [5, 5.41) is 0. The highest BCUT2D eigenvalue weighted by Gasteiger charge is 2.20. The van der Waals surface area contributed by atoms with Crippen molar-refractivity contribution in [2.24, 2.45) is 0 Å². The fourth-order valence-corrected chi connectivity index (χ4v) is 2.32. The largest absolute Gasteiger partial charge is 0.398 e. The van der Waals surface area contributed by atoms with Crippen LogP contribution >= 0.6 is 0 Å². The minimum absolute atomic E-state index is 0.185. The first kappa shape index (κ1) is 12.9. The second kappa shape index (κ2) is 5.40. The van der Waals surface area contributed by atoms with Gasteiger partial charge in [-0.15, -0.1) is 0 Å². The molecule has 4 nitrogen and oxygen atoms in total. The van der Waals surface area contributed by atoms with E-state index in [1.807, 2.05) is 26.1 Å². The number of likely N-dealkylation sites (N-methyl/N-ethyl adjacent to an activating group) is 1. The predicted octanol–water partition coefficient (Wildman–Crippen LogP) is 1.11. The van der Waals surface area contributed by atoms with E-state index < -0.39 is 0 Å². The number of carbonyl (C=O) groups is 1. The maximum absolute atomic E-state index is 11.9. The van der Waals surface area contributed by atoms with E-state index in [1.54, 1.807) is 4.90 Å². The van der Waals surface area contributed by atoms with Gasteiger partial charge in [-0.25, -0.2) is 0 Å². The van der Waals surface area contributed by atoms with E-state index in [4.69, 9.17) is 5.73 Å². The number of hydrogen-bond donors (Lipinski definition) is 1. The van der Waals surface area contributed by atoms with Gasteiger partial charge in [0.05, 0.1) is 6.54 Å². The highest BCUT2D eigenvalue weighted by molar-refractivity contribution is 5.78. The topological polar surface area (TPSA) is 49.6 Å². The number of anilines is 1. The Balaban J connectivity index is 2.02. The standard InChI is InChI=1S/C14H21N3O/c1-3-16(2)14(18)10-17-8-7-12-11(9-17)5-4-6-13(12)15/h4-6H,3,7-10,15H2,1-2H3. The summed E-state index contributed by atoms with van der Waals surface area (Å²) in [6.45, 7) is 4.98. The molecule has 0 unspecified atom stereocenters. The molecule has 1 aliphatic heterocycles. The molecule has 0 aliphatic carbocycles. The van der Waals surface area contributed by atoms with Gasteiger partial charge in [-0.1, -0.05) is 12.1 Å². The Labute approximate surface area is 108 Å². The average Bonchev–Trinajstić information content (AvgIpc) is 2.38. The molecule has 0 aromatic heterocycles. The number of fused-ring (bicyclic) bond motifs is 1. The molecule has 18 heavy (non-hydrogen) atoms. The quantitative estimate of drug-likeness (QED) is 0.814. The van der Waals surface area contributed by atoms with Crippen LogP contribution in [0.2, 0.25) is 0 Å². The number of carbonyl (C=O) groups excluding carboxylic acids is 1. The van der Waals surface area contributed by atoms with Crippen molar-refractivity contribution in [3.63, 3.8) is 0 Å². The molecule has 98 valence electrons. The fraction of sp³-hybridized carbons (Fsp3) is 0.500. The molecule has 2 N–H and O–H groups in total. The summed E-state index contributed by atoms with van der Waals surface area (Å²) in [4.78, 5) is 15.8. The third kappa shape index (κ3) is 2.64. The smallest absolute Gasteiger partial charge is 0.236 e. The molecule has 1 aromatic rings. The molecule has 1 aliphatic rings. The van der Waals surface area contributed by atoms with E-state index in [0.29, 0.717) is 6.54 Å². The molecule has 1 heterocycles. The minimum Gasteiger partial charge on any atom is -0.398 e. The van der Waals surface area contributed by atoms with Gasteiger partial charge >= 0.3 is 0 Å². The Hall–Kier alpha value is -1.55. The monoisotopic (exact) mass is 247 g/mol. The van der Waals surface area contributed by atoms with Crippen molar-refractivity contribution in [3.8, 4) is 0 Å². The Morgan fingerprint density at radius 3 is 3.00 bits per heavy atom. The third-order valence-corrected chi connectivity index (χ3v) is 3.64. The van der Waals surface area contributed by atoms with Crippen LogP contribution in [0.25, 0.3) is 0 Å². The zero-order valence-electron chi connectivity index (χ0n) is 11.1. The van der Waals surface area contributed by atoms with E-state index in [0.717, 1.165) is 31.7 Å². The summed E-state index contributed by atoms with van der Waals surface area (Å²) in [7, 11) is 1.85. The van der Waals surface area contributed by atoms with Gasteiger partial charge in [0.2, 0.25) is 5.91 Å². The molecule has 1 aromatic carbocycles. The Bertz CT molecular complexity index is 445. The molecule has 0 spiro atoms. The van der Waals surface area contributed by atoms with Crippen LogP contribution in [0.4, 0.5) is 5.69 Å². The van der Waals surface area contributed by atoms with Crippen LogP contribution < -0.4 is 5.73 Å². The molecule has 0 saturated carbocycles. The lowest BCUT2D eigenvalue weighted by Gasteiger charge is -2.30. The van der Waals surface area contributed by atoms with Crippen LogP contribution in [0.5, 0.6) is 0 Å². The molecule has 4 heteroatoms. The summed E-state index contributed by atoms with van der Waals surface area (Å²) in [5.41, 5.74) is 9.36. The van der Waals surface area contributed by atoms with Crippen LogP contribution in [-0.2, 0) is 17.8 Å². The third-order valence-electron chi connectivity index (χ3n) is 3.64. The zero-order valence-corrected chi connectivity index (χ0v) is 11.1. The van der Waals surface area contributed by atoms with Crippen molar-refractivity contribution < 1.29 is 4.79 Å². The maximum atomic E-state index is 11.9. The van der Waals surface area contributed by atoms with E-state index >= 15 is 0 Å². The van der Waals surface area contributed by atoms with E-state index in [9.17, 15) is 4.79 Å². The molecule has 0 radical (unpaired) electrons. The first-order chi connectivity index (χ1) is 8.61. The van der Waals surface area contributed by atoms with Crippen molar-refractivity contribution in [1.82, 2.24) is 9.80 Å². The molecule has 0 atom stereocenters. The van der Waals surface area contributed by atoms with Gasteiger partial charge in [-0.05, 0) is 30.5 Å². The molecular formula is C14H21N3O. The van der Waals surface area contributed by atoms with Crippen molar-refractivity contribution in [2.75, 3.05) is 32.4 Å². The van der Waals surface area contributed by atoms with Crippen LogP contribution in [0.3, 0.4) is 0 Å². The normalized spacial score (nSPS) is 15.2. The number of nitrogen functional groups attached to an aromatic ring is 1. The Morgan fingerprint density at radius 1 is 1.50 bits per heavy atom. The Morgan fingerprint density at radius 2 is 2.28 bits per heavy atom. The molecule has 1 amide bonds. The van der Waals surface area contributed by atoms with Gasteiger partial charge in [-0.3, -0.25) is 9.69 Å². The summed E-state index contributed by atoms with van der Waals surface area (Å²) >= 11 is 0. The predicted molar refractivity (Wildman–Crippen MR) is 73.1 cm³/mol. The van der Waals surface area contributed by atoms with Gasteiger partial charge in [-0.2, -0.15) is 0 Å². The minimum atomic E-state index is 0.185. The van der Waals surface area contributed by atoms with E-state index in [1.165, 1.54) is 11.1 Å². The number of nitrogens with zero attached hydrogens (tertiary/aromatic N) is 2. The van der Waals surface area contributed by atoms with E-state index in [2.05, 4.69) is 11.0 Å². The number of amides is 1. The van der Waals surface area contributed by atoms with E-state index in [-0.39, 0.29) is 5.91 Å². The fourth-order valence-electron chi connectivity index (χ4n) is 2.32. The highest BCUT2D eigenvalue weighted by atomic mass is 16.2. The lowest BCUT2D eigenvalue weighted by molar-refractivity contribution is -0.131. The summed E-state index contributed by atoms with van der Waals surface area (Å²) in [6.07, 6.45) is 0.936. The SMILES string of the molecule is CCN(C)C(=O)CN1CCc2c(N)cccc2C1. The van der Waals surface area contributed by atoms with Crippen LogP contribution in [0, 0.1) is 0 Å². The number of rotatable bonds is 3. The van der Waals surface area contributed by atoms with Gasteiger partial charge in [0.25, 0.3) is 0 Å². The van der Waals surface area contributed by atoms with Gasteiger partial charge in [0, 0.05) is 32.4 Å². The van der Waals surface area contributed by atoms with Crippen LogP contribution in [-0.4, -0.2) is 42.4 Å². The first-order valence-electron chi connectivity index (χ1n) is 6.44. The summed E-state index contributed by atoms with van der Waals surface area (Å²) < 4.78 is 0. The van der Waals surface area contributed by atoms with Crippen molar-refractivity contribution >= 4 is 11.6 Å². The lowest BCUT2D eigenvalue weighted by atomic mass is 9.98. The number of hydrogen-bond acceptors (Lipinski definition) is 3. The molecular weight excluding hydrogens is 226 g/mol. The molecule has 2 rings (SSSR count). The van der Waals surface area contributed by atoms with Crippen molar-refractivity contribution in [2.45, 2.75) is 19.9 Å². The summed E-state index contributed by atoms with van der Waals surface area (Å²) in [6, 6.07) is 6.04. The number of nitrogens with two attached hydrogens (primary N) is 1. The van der Waals surface area contributed by atoms with Crippen molar-refractivity contribution in [1.29, 1.82) is 0 Å². The second-order valence-corrected chi connectivity index (χ2v) is 4.85. The van der Waals surface area contributed by atoms with Gasteiger partial charge < -0.3 is 10.6 Å². The summed E-state index contributed by atoms with van der Waals surface area (Å²) in [5.74, 6) is 0.185. The molecule has 0 fully saturated rings. The molecule has 0 saturated heterocycles. The lowest BCUT2D eigenvalue weighted by Crippen LogP contribution is -2.40. The zero-order chi connectivity index (χ0) is 13.1. The van der Waals surface area contributed by atoms with Gasteiger partial charge in [0.15, 0.2) is 0 Å².